The van der Waals surface area contributed by atoms with Crippen molar-refractivity contribution in [1.82, 2.24) is 0 Å². The Hall–Kier alpha value is -0.830. The van der Waals surface area contributed by atoms with Gasteiger partial charge < -0.3 is 0 Å². The van der Waals surface area contributed by atoms with Crippen LogP contribution in [-0.4, -0.2) is 17.3 Å². The van der Waals surface area contributed by atoms with E-state index in [1.54, 1.807) is 0 Å². The average molecular weight is 154 g/mol. The Labute approximate surface area is 64.0 Å². The molecule has 0 radical (unpaired) electrons. The van der Waals surface area contributed by atoms with Crippen molar-refractivity contribution in [3.05, 3.63) is 23.8 Å². The van der Waals surface area contributed by atoms with E-state index >= 15 is 0 Å². The van der Waals surface area contributed by atoms with E-state index in [0.717, 1.165) is 0 Å². The summed E-state index contributed by atoms with van der Waals surface area (Å²) in [6.07, 6.45) is 3.85. The maximum absolute atomic E-state index is 10.8. The van der Waals surface area contributed by atoms with Gasteiger partial charge in [-0.25, -0.2) is 0 Å². The maximum Gasteiger partial charge on any atom is 0.182 e. The van der Waals surface area contributed by atoms with Crippen molar-refractivity contribution in [2.24, 2.45) is 0 Å². The first kappa shape index (κ1) is 7.28. The number of allylic oxidation sites excluding steroid dienone is 3. The molecule has 0 aromatic heterocycles. The minimum absolute atomic E-state index is 0.116. The highest BCUT2D eigenvalue weighted by molar-refractivity contribution is 7.80. The first-order valence-corrected chi connectivity index (χ1v) is 3.45. The standard InChI is InChI=1S/C7H6O2S/c8-6-1-2-7(9)5(3-6)4-10/h1-3,10H,4H2. The third kappa shape index (κ3) is 1.36. The lowest BCUT2D eigenvalue weighted by molar-refractivity contribution is -0.114. The molecule has 10 heavy (non-hydrogen) atoms. The fourth-order valence-electron chi connectivity index (χ4n) is 0.679. The van der Waals surface area contributed by atoms with Crippen LogP contribution in [0.1, 0.15) is 0 Å². The van der Waals surface area contributed by atoms with Gasteiger partial charge in [0.1, 0.15) is 0 Å². The van der Waals surface area contributed by atoms with E-state index in [9.17, 15) is 9.59 Å². The molecule has 0 amide bonds. The number of ketones is 2. The van der Waals surface area contributed by atoms with Crippen molar-refractivity contribution in [1.29, 1.82) is 0 Å². The van der Waals surface area contributed by atoms with Crippen LogP contribution in [0.3, 0.4) is 0 Å². The Morgan fingerprint density at radius 1 is 1.30 bits per heavy atom. The number of thiol groups is 1. The van der Waals surface area contributed by atoms with Crippen LogP contribution in [0.25, 0.3) is 0 Å². The van der Waals surface area contributed by atoms with E-state index in [2.05, 4.69) is 12.6 Å². The lowest BCUT2D eigenvalue weighted by Crippen LogP contribution is -2.08. The molecule has 1 rings (SSSR count). The van der Waals surface area contributed by atoms with Crippen molar-refractivity contribution >= 4 is 24.2 Å². The van der Waals surface area contributed by atoms with Crippen LogP contribution in [0.4, 0.5) is 0 Å². The van der Waals surface area contributed by atoms with Crippen LogP contribution in [0, 0.1) is 0 Å². The largest absolute Gasteiger partial charge is 0.290 e. The molecule has 0 atom stereocenters. The van der Waals surface area contributed by atoms with Crippen molar-refractivity contribution < 1.29 is 9.59 Å². The SMILES string of the molecule is O=C1C=CC(=O)C(CS)=C1. The number of rotatable bonds is 1. The highest BCUT2D eigenvalue weighted by atomic mass is 32.1. The third-order valence-corrected chi connectivity index (χ3v) is 1.54. The van der Waals surface area contributed by atoms with E-state index in [-0.39, 0.29) is 11.6 Å². The Kier molecular flexibility index (Phi) is 2.06. The fraction of sp³-hybridized carbons (Fsp3) is 0.143. The van der Waals surface area contributed by atoms with Gasteiger partial charge in [0.05, 0.1) is 0 Å². The van der Waals surface area contributed by atoms with Crippen molar-refractivity contribution in [3.63, 3.8) is 0 Å². The molecule has 0 heterocycles. The highest BCUT2D eigenvalue weighted by Crippen LogP contribution is 2.05. The molecule has 0 aliphatic heterocycles. The zero-order valence-electron chi connectivity index (χ0n) is 5.20. The first-order chi connectivity index (χ1) is 4.74. The summed E-state index contributed by atoms with van der Waals surface area (Å²) in [7, 11) is 0. The predicted octanol–water partition coefficient (Wildman–Crippen LogP) is 0.551. The van der Waals surface area contributed by atoms with Gasteiger partial charge in [-0.05, 0) is 18.2 Å². The normalized spacial score (nSPS) is 17.5. The molecule has 1 aliphatic carbocycles. The molecule has 0 spiro atoms. The zero-order chi connectivity index (χ0) is 7.56. The van der Waals surface area contributed by atoms with E-state index in [1.165, 1.54) is 18.2 Å². The van der Waals surface area contributed by atoms with Crippen LogP contribution in [0.15, 0.2) is 23.8 Å². The molecule has 3 heteroatoms. The minimum atomic E-state index is -0.136. The van der Waals surface area contributed by atoms with Crippen LogP contribution < -0.4 is 0 Å². The van der Waals surface area contributed by atoms with Gasteiger partial charge in [-0.1, -0.05) is 0 Å². The predicted molar refractivity (Wildman–Crippen MR) is 41.1 cm³/mol. The summed E-state index contributed by atoms with van der Waals surface area (Å²) >= 11 is 3.89. The molecule has 0 aromatic carbocycles. The molecule has 52 valence electrons. The molecule has 2 nitrogen and oxygen atoms in total. The molecule has 0 N–H and O–H groups in total. The molecule has 0 unspecified atom stereocenters. The smallest absolute Gasteiger partial charge is 0.182 e. The van der Waals surface area contributed by atoms with Gasteiger partial charge in [-0.2, -0.15) is 12.6 Å². The van der Waals surface area contributed by atoms with Gasteiger partial charge in [0.2, 0.25) is 0 Å². The number of hydrogen-bond acceptors (Lipinski definition) is 3. The van der Waals surface area contributed by atoms with Gasteiger partial charge in [0.15, 0.2) is 11.6 Å². The molecule has 0 saturated heterocycles. The quantitative estimate of drug-likeness (QED) is 0.442. The van der Waals surface area contributed by atoms with E-state index < -0.39 is 0 Å². The summed E-state index contributed by atoms with van der Waals surface area (Å²) in [5, 5.41) is 0. The Morgan fingerprint density at radius 2 is 2.00 bits per heavy atom. The van der Waals surface area contributed by atoms with Crippen LogP contribution in [0.5, 0.6) is 0 Å². The number of carbonyl (C=O) groups excluding carboxylic acids is 2. The minimum Gasteiger partial charge on any atom is -0.290 e. The Bertz CT molecular complexity index is 238. The van der Waals surface area contributed by atoms with Crippen LogP contribution in [-0.2, 0) is 9.59 Å². The summed E-state index contributed by atoms with van der Waals surface area (Å²) in [6, 6.07) is 0. The van der Waals surface area contributed by atoms with E-state index in [0.29, 0.717) is 11.3 Å². The molecule has 0 aromatic rings. The van der Waals surface area contributed by atoms with Crippen molar-refractivity contribution in [2.75, 3.05) is 5.75 Å². The molecule has 0 bridgehead atoms. The lowest BCUT2D eigenvalue weighted by Gasteiger charge is -2.00. The lowest BCUT2D eigenvalue weighted by atomic mass is 10.1. The molecule has 1 aliphatic rings. The second kappa shape index (κ2) is 2.84. The highest BCUT2D eigenvalue weighted by Gasteiger charge is 2.10. The first-order valence-electron chi connectivity index (χ1n) is 2.82. The Balaban J connectivity index is 2.89. The van der Waals surface area contributed by atoms with Gasteiger partial charge in [0, 0.05) is 11.3 Å². The molecule has 0 fully saturated rings. The summed E-state index contributed by atoms with van der Waals surface area (Å²) in [5.74, 6) is 0.0767. The van der Waals surface area contributed by atoms with E-state index in [1.807, 2.05) is 0 Å². The van der Waals surface area contributed by atoms with Crippen LogP contribution in [0.2, 0.25) is 0 Å². The second-order valence-electron chi connectivity index (χ2n) is 1.93. The topological polar surface area (TPSA) is 34.1 Å². The number of hydrogen-bond donors (Lipinski definition) is 1. The summed E-state index contributed by atoms with van der Waals surface area (Å²) < 4.78 is 0. The third-order valence-electron chi connectivity index (χ3n) is 1.20. The Morgan fingerprint density at radius 3 is 2.50 bits per heavy atom. The van der Waals surface area contributed by atoms with Gasteiger partial charge >= 0.3 is 0 Å². The summed E-state index contributed by atoms with van der Waals surface area (Å²) in [5.41, 5.74) is 0.468. The number of carbonyl (C=O) groups is 2. The second-order valence-corrected chi connectivity index (χ2v) is 2.24. The molecule has 0 saturated carbocycles. The van der Waals surface area contributed by atoms with Gasteiger partial charge in [-0.15, -0.1) is 0 Å². The van der Waals surface area contributed by atoms with Crippen LogP contribution >= 0.6 is 12.6 Å². The van der Waals surface area contributed by atoms with Gasteiger partial charge in [-0.3, -0.25) is 9.59 Å². The molecular weight excluding hydrogens is 148 g/mol. The molecular formula is C7H6O2S. The monoisotopic (exact) mass is 154 g/mol. The fourth-order valence-corrected chi connectivity index (χ4v) is 0.927. The van der Waals surface area contributed by atoms with E-state index in [4.69, 9.17) is 0 Å². The maximum atomic E-state index is 10.8. The van der Waals surface area contributed by atoms with Gasteiger partial charge in [0.25, 0.3) is 0 Å². The van der Waals surface area contributed by atoms with Crippen molar-refractivity contribution in [3.8, 4) is 0 Å². The summed E-state index contributed by atoms with van der Waals surface area (Å²) in [6.45, 7) is 0. The zero-order valence-corrected chi connectivity index (χ0v) is 6.10. The summed E-state index contributed by atoms with van der Waals surface area (Å²) in [4.78, 5) is 21.4. The van der Waals surface area contributed by atoms with Crippen molar-refractivity contribution in [2.45, 2.75) is 0 Å². The average Bonchev–Trinajstić information content (AvgIpc) is 1.94.